The molecule has 0 radical (unpaired) electrons. The molecule has 0 aliphatic rings. The minimum Gasteiger partial charge on any atom is -0.340 e. The molecule has 0 amide bonds. The first-order valence-electron chi connectivity index (χ1n) is 4.98. The van der Waals surface area contributed by atoms with Crippen LogP contribution in [0.5, 0.6) is 0 Å². The van der Waals surface area contributed by atoms with E-state index in [1.54, 1.807) is 18.3 Å². The summed E-state index contributed by atoms with van der Waals surface area (Å²) in [5.41, 5.74) is 2.78. The van der Waals surface area contributed by atoms with Gasteiger partial charge in [0.1, 0.15) is 5.82 Å². The SMILES string of the molecule is Cc1ccc(Nc2cc(C#N)ccn2)cc1. The summed E-state index contributed by atoms with van der Waals surface area (Å²) < 4.78 is 0. The van der Waals surface area contributed by atoms with Crippen LogP contribution in [-0.2, 0) is 0 Å². The monoisotopic (exact) mass is 209 g/mol. The summed E-state index contributed by atoms with van der Waals surface area (Å²) in [4.78, 5) is 4.14. The first kappa shape index (κ1) is 10.2. The van der Waals surface area contributed by atoms with Crippen LogP contribution in [0.3, 0.4) is 0 Å². The Balaban J connectivity index is 2.21. The van der Waals surface area contributed by atoms with Gasteiger partial charge in [-0.05, 0) is 31.2 Å². The second kappa shape index (κ2) is 4.45. The normalized spacial score (nSPS) is 9.50. The van der Waals surface area contributed by atoms with Crippen LogP contribution in [0.4, 0.5) is 11.5 Å². The van der Waals surface area contributed by atoms with E-state index >= 15 is 0 Å². The number of anilines is 2. The highest BCUT2D eigenvalue weighted by molar-refractivity contribution is 5.57. The van der Waals surface area contributed by atoms with Crippen molar-refractivity contribution in [3.05, 3.63) is 53.7 Å². The molecule has 2 aromatic rings. The molecule has 0 saturated heterocycles. The van der Waals surface area contributed by atoms with Gasteiger partial charge in [-0.2, -0.15) is 5.26 Å². The van der Waals surface area contributed by atoms with Gasteiger partial charge in [-0.3, -0.25) is 0 Å². The largest absolute Gasteiger partial charge is 0.340 e. The number of nitrogens with zero attached hydrogens (tertiary/aromatic N) is 2. The Labute approximate surface area is 94.4 Å². The Bertz CT molecular complexity index is 524. The second-order valence-electron chi connectivity index (χ2n) is 3.53. The third kappa shape index (κ3) is 2.37. The summed E-state index contributed by atoms with van der Waals surface area (Å²) in [7, 11) is 0. The molecule has 0 aliphatic carbocycles. The van der Waals surface area contributed by atoms with Crippen molar-refractivity contribution in [2.45, 2.75) is 6.92 Å². The van der Waals surface area contributed by atoms with Crippen LogP contribution in [0.1, 0.15) is 11.1 Å². The molecule has 0 spiro atoms. The molecule has 3 nitrogen and oxygen atoms in total. The molecule has 0 bridgehead atoms. The van der Waals surface area contributed by atoms with Gasteiger partial charge < -0.3 is 5.32 Å². The number of hydrogen-bond acceptors (Lipinski definition) is 3. The second-order valence-corrected chi connectivity index (χ2v) is 3.53. The van der Waals surface area contributed by atoms with Gasteiger partial charge in [-0.1, -0.05) is 17.7 Å². The molecule has 1 aromatic heterocycles. The zero-order chi connectivity index (χ0) is 11.4. The number of aromatic nitrogens is 1. The summed E-state index contributed by atoms with van der Waals surface area (Å²) in [6, 6.07) is 13.5. The van der Waals surface area contributed by atoms with E-state index in [0.29, 0.717) is 11.4 Å². The lowest BCUT2D eigenvalue weighted by molar-refractivity contribution is 1.29. The number of nitrogens with one attached hydrogen (secondary N) is 1. The molecule has 0 saturated carbocycles. The molecule has 0 unspecified atom stereocenters. The third-order valence-electron chi connectivity index (χ3n) is 2.21. The molecule has 1 N–H and O–H groups in total. The lowest BCUT2D eigenvalue weighted by Crippen LogP contribution is -1.93. The van der Waals surface area contributed by atoms with Gasteiger partial charge in [0, 0.05) is 11.9 Å². The average molecular weight is 209 g/mol. The maximum absolute atomic E-state index is 8.76. The molecule has 1 aromatic carbocycles. The van der Waals surface area contributed by atoms with Crippen molar-refractivity contribution < 1.29 is 0 Å². The van der Waals surface area contributed by atoms with Crippen molar-refractivity contribution in [3.8, 4) is 6.07 Å². The molecule has 0 fully saturated rings. The highest BCUT2D eigenvalue weighted by Gasteiger charge is 1.97. The van der Waals surface area contributed by atoms with Crippen LogP contribution >= 0.6 is 0 Å². The number of nitriles is 1. The van der Waals surface area contributed by atoms with Crippen molar-refractivity contribution in [1.82, 2.24) is 4.98 Å². The van der Waals surface area contributed by atoms with E-state index in [4.69, 9.17) is 5.26 Å². The van der Waals surface area contributed by atoms with Crippen molar-refractivity contribution in [2.75, 3.05) is 5.32 Å². The molecule has 78 valence electrons. The number of hydrogen-bond donors (Lipinski definition) is 1. The molecular weight excluding hydrogens is 198 g/mol. The van der Waals surface area contributed by atoms with Gasteiger partial charge in [0.05, 0.1) is 11.6 Å². The average Bonchev–Trinajstić information content (AvgIpc) is 2.32. The standard InChI is InChI=1S/C13H11N3/c1-10-2-4-12(5-3-10)16-13-8-11(9-14)6-7-15-13/h2-8H,1H3,(H,15,16). The fraction of sp³-hybridized carbons (Fsp3) is 0.0769. The maximum atomic E-state index is 8.76. The Morgan fingerprint density at radius 3 is 2.62 bits per heavy atom. The molecule has 0 aliphatic heterocycles. The van der Waals surface area contributed by atoms with Crippen LogP contribution in [0.15, 0.2) is 42.6 Å². The maximum Gasteiger partial charge on any atom is 0.131 e. The number of pyridine rings is 1. The molecule has 1 heterocycles. The van der Waals surface area contributed by atoms with Crippen LogP contribution < -0.4 is 5.32 Å². The Morgan fingerprint density at radius 2 is 1.94 bits per heavy atom. The summed E-state index contributed by atoms with van der Waals surface area (Å²) in [5, 5.41) is 11.9. The van der Waals surface area contributed by atoms with Crippen molar-refractivity contribution in [1.29, 1.82) is 5.26 Å². The highest BCUT2D eigenvalue weighted by Crippen LogP contribution is 2.15. The minimum absolute atomic E-state index is 0.601. The molecule has 16 heavy (non-hydrogen) atoms. The van der Waals surface area contributed by atoms with Crippen molar-refractivity contribution in [3.63, 3.8) is 0 Å². The summed E-state index contributed by atoms with van der Waals surface area (Å²) in [6.45, 7) is 2.04. The van der Waals surface area contributed by atoms with Gasteiger partial charge in [-0.15, -0.1) is 0 Å². The zero-order valence-corrected chi connectivity index (χ0v) is 8.94. The summed E-state index contributed by atoms with van der Waals surface area (Å²) in [6.07, 6.45) is 1.62. The summed E-state index contributed by atoms with van der Waals surface area (Å²) in [5.74, 6) is 0.683. The van der Waals surface area contributed by atoms with Crippen LogP contribution in [0, 0.1) is 18.3 Å². The molecular formula is C13H11N3. The number of benzene rings is 1. The number of aryl methyl sites for hydroxylation is 1. The fourth-order valence-electron chi connectivity index (χ4n) is 1.35. The molecule has 0 atom stereocenters. The lowest BCUT2D eigenvalue weighted by atomic mass is 10.2. The lowest BCUT2D eigenvalue weighted by Gasteiger charge is -2.05. The third-order valence-corrected chi connectivity index (χ3v) is 2.21. The van der Waals surface area contributed by atoms with E-state index in [-0.39, 0.29) is 0 Å². The van der Waals surface area contributed by atoms with Gasteiger partial charge in [0.15, 0.2) is 0 Å². The smallest absolute Gasteiger partial charge is 0.131 e. The van der Waals surface area contributed by atoms with Crippen molar-refractivity contribution in [2.24, 2.45) is 0 Å². The topological polar surface area (TPSA) is 48.7 Å². The van der Waals surface area contributed by atoms with E-state index in [1.165, 1.54) is 5.56 Å². The van der Waals surface area contributed by atoms with Gasteiger partial charge in [0.2, 0.25) is 0 Å². The first-order chi connectivity index (χ1) is 7.78. The minimum atomic E-state index is 0.601. The van der Waals surface area contributed by atoms with E-state index in [9.17, 15) is 0 Å². The van der Waals surface area contributed by atoms with Crippen molar-refractivity contribution >= 4 is 11.5 Å². The van der Waals surface area contributed by atoms with Gasteiger partial charge >= 0.3 is 0 Å². The Morgan fingerprint density at radius 1 is 1.19 bits per heavy atom. The first-order valence-corrected chi connectivity index (χ1v) is 4.98. The fourth-order valence-corrected chi connectivity index (χ4v) is 1.35. The highest BCUT2D eigenvalue weighted by atomic mass is 15.0. The van der Waals surface area contributed by atoms with E-state index < -0.39 is 0 Å². The van der Waals surface area contributed by atoms with Gasteiger partial charge in [-0.25, -0.2) is 4.98 Å². The predicted molar refractivity (Wildman–Crippen MR) is 63.4 cm³/mol. The quantitative estimate of drug-likeness (QED) is 0.827. The molecule has 3 heteroatoms. The van der Waals surface area contributed by atoms with E-state index in [1.807, 2.05) is 31.2 Å². The van der Waals surface area contributed by atoms with Crippen LogP contribution in [0.2, 0.25) is 0 Å². The predicted octanol–water partition coefficient (Wildman–Crippen LogP) is 3.01. The number of rotatable bonds is 2. The zero-order valence-electron chi connectivity index (χ0n) is 8.94. The van der Waals surface area contributed by atoms with Crippen LogP contribution in [0.25, 0.3) is 0 Å². The Hall–Kier alpha value is -2.34. The van der Waals surface area contributed by atoms with E-state index in [2.05, 4.69) is 16.4 Å². The van der Waals surface area contributed by atoms with Crippen LogP contribution in [-0.4, -0.2) is 4.98 Å². The Kier molecular flexibility index (Phi) is 2.84. The van der Waals surface area contributed by atoms with E-state index in [0.717, 1.165) is 5.69 Å². The molecule has 2 rings (SSSR count). The summed E-state index contributed by atoms with van der Waals surface area (Å²) >= 11 is 0. The van der Waals surface area contributed by atoms with Gasteiger partial charge in [0.25, 0.3) is 0 Å².